The maximum absolute atomic E-state index is 10.0. The summed E-state index contributed by atoms with van der Waals surface area (Å²) in [6, 6.07) is 0. The fourth-order valence-electron chi connectivity index (χ4n) is 0.136. The first kappa shape index (κ1) is 12.5. The molecule has 0 aromatic heterocycles. The number of carbonyl (C=O) groups is 2. The van der Waals surface area contributed by atoms with E-state index in [0.717, 1.165) is 6.92 Å². The van der Waals surface area contributed by atoms with Crippen molar-refractivity contribution >= 4 is 11.9 Å². The standard InChI is InChI=1S/C3H8N2O2.C2H4O2/c1-7-3(6)2(4)5;1-2(3)4/h2H,4-5H2,1H3;1H3,(H,3,4). The Bertz CT molecular complexity index is 130. The Kier molecular flexibility index (Phi) is 7.94. The Morgan fingerprint density at radius 3 is 1.73 bits per heavy atom. The number of ether oxygens (including phenoxy) is 1. The zero-order valence-corrected chi connectivity index (χ0v) is 6.40. The Hall–Kier alpha value is -1.14. The number of carbonyl (C=O) groups excluding carboxylic acids is 1. The summed E-state index contributed by atoms with van der Waals surface area (Å²) in [4.78, 5) is 19.0. The van der Waals surface area contributed by atoms with Crippen LogP contribution in [0.4, 0.5) is 0 Å². The van der Waals surface area contributed by atoms with Gasteiger partial charge in [-0.05, 0) is 0 Å². The number of carboxylic acids is 1. The van der Waals surface area contributed by atoms with Crippen molar-refractivity contribution in [1.29, 1.82) is 0 Å². The summed E-state index contributed by atoms with van der Waals surface area (Å²) in [6.07, 6.45) is -0.995. The second-order valence-electron chi connectivity index (χ2n) is 1.57. The van der Waals surface area contributed by atoms with Crippen LogP contribution in [0.15, 0.2) is 0 Å². The molecule has 0 aromatic rings. The summed E-state index contributed by atoms with van der Waals surface area (Å²) in [5.41, 5.74) is 9.70. The average molecular weight is 164 g/mol. The highest BCUT2D eigenvalue weighted by molar-refractivity contribution is 5.74. The maximum Gasteiger partial charge on any atom is 0.337 e. The molecule has 0 spiro atoms. The number of nitrogens with two attached hydrogens (primary N) is 2. The highest BCUT2D eigenvalue weighted by Crippen LogP contribution is 1.69. The molecule has 0 amide bonds. The molecule has 0 aromatic carbocycles. The normalized spacial score (nSPS) is 8.09. The van der Waals surface area contributed by atoms with Crippen molar-refractivity contribution in [3.8, 4) is 0 Å². The molecule has 0 heterocycles. The van der Waals surface area contributed by atoms with Crippen LogP contribution in [0, 0.1) is 0 Å². The van der Waals surface area contributed by atoms with Gasteiger partial charge in [0.2, 0.25) is 0 Å². The lowest BCUT2D eigenvalue weighted by atomic mass is 10.6. The van der Waals surface area contributed by atoms with Crippen LogP contribution >= 0.6 is 0 Å². The first-order valence-electron chi connectivity index (χ1n) is 2.70. The van der Waals surface area contributed by atoms with Crippen molar-refractivity contribution in [3.05, 3.63) is 0 Å². The fraction of sp³-hybridized carbons (Fsp3) is 0.600. The molecule has 0 rings (SSSR count). The third-order valence-corrected chi connectivity index (χ3v) is 0.473. The summed E-state index contributed by atoms with van der Waals surface area (Å²) < 4.78 is 4.12. The molecule has 0 radical (unpaired) electrons. The SMILES string of the molecule is CC(=O)O.COC(=O)C(N)N. The van der Waals surface area contributed by atoms with Crippen LogP contribution < -0.4 is 11.5 Å². The van der Waals surface area contributed by atoms with Crippen molar-refractivity contribution in [1.82, 2.24) is 0 Å². The van der Waals surface area contributed by atoms with Gasteiger partial charge >= 0.3 is 5.97 Å². The van der Waals surface area contributed by atoms with E-state index in [0.29, 0.717) is 0 Å². The molecule has 0 fully saturated rings. The zero-order chi connectivity index (χ0) is 9.44. The van der Waals surface area contributed by atoms with Crippen molar-refractivity contribution in [2.75, 3.05) is 7.11 Å². The third kappa shape index (κ3) is 17.7. The summed E-state index contributed by atoms with van der Waals surface area (Å²) in [7, 11) is 1.23. The molecule has 6 heteroatoms. The predicted molar refractivity (Wildman–Crippen MR) is 37.5 cm³/mol. The number of rotatable bonds is 1. The molecule has 5 N–H and O–H groups in total. The van der Waals surface area contributed by atoms with Crippen LogP contribution in [0.25, 0.3) is 0 Å². The van der Waals surface area contributed by atoms with E-state index in [2.05, 4.69) is 4.74 Å². The summed E-state index contributed by atoms with van der Waals surface area (Å²) in [5, 5.41) is 7.42. The molecule has 0 bridgehead atoms. The Morgan fingerprint density at radius 2 is 1.73 bits per heavy atom. The van der Waals surface area contributed by atoms with Crippen LogP contribution in [0.5, 0.6) is 0 Å². The minimum Gasteiger partial charge on any atom is -0.481 e. The second kappa shape index (κ2) is 6.97. The first-order valence-corrected chi connectivity index (χ1v) is 2.70. The van der Waals surface area contributed by atoms with E-state index >= 15 is 0 Å². The van der Waals surface area contributed by atoms with E-state index in [1.807, 2.05) is 0 Å². The maximum atomic E-state index is 10.0. The van der Waals surface area contributed by atoms with Crippen LogP contribution in [0.3, 0.4) is 0 Å². The van der Waals surface area contributed by atoms with Gasteiger partial charge in [-0.2, -0.15) is 0 Å². The van der Waals surface area contributed by atoms with Crippen LogP contribution in [0.1, 0.15) is 6.92 Å². The average Bonchev–Trinajstić information content (AvgIpc) is 1.85. The molecule has 0 saturated carbocycles. The minimum atomic E-state index is -0.995. The molecule has 0 atom stereocenters. The molecule has 6 nitrogen and oxygen atoms in total. The number of hydrogen-bond acceptors (Lipinski definition) is 5. The fourth-order valence-corrected chi connectivity index (χ4v) is 0.136. The molecular formula is C5H12N2O4. The smallest absolute Gasteiger partial charge is 0.337 e. The number of carboxylic acid groups (broad SMARTS) is 1. The van der Waals surface area contributed by atoms with Gasteiger partial charge in [0.25, 0.3) is 5.97 Å². The van der Waals surface area contributed by atoms with Gasteiger partial charge < -0.3 is 21.3 Å². The van der Waals surface area contributed by atoms with E-state index < -0.39 is 18.1 Å². The van der Waals surface area contributed by atoms with Crippen molar-refractivity contribution in [3.63, 3.8) is 0 Å². The number of hydrogen-bond donors (Lipinski definition) is 3. The number of methoxy groups -OCH3 is 1. The van der Waals surface area contributed by atoms with Gasteiger partial charge in [0.15, 0.2) is 6.17 Å². The molecular weight excluding hydrogens is 152 g/mol. The van der Waals surface area contributed by atoms with Crippen LogP contribution in [-0.4, -0.2) is 30.3 Å². The van der Waals surface area contributed by atoms with E-state index in [9.17, 15) is 4.79 Å². The molecule has 0 aliphatic carbocycles. The lowest BCUT2D eigenvalue weighted by Crippen LogP contribution is -2.39. The summed E-state index contributed by atoms with van der Waals surface area (Å²) in [5.74, 6) is -1.43. The number of esters is 1. The highest BCUT2D eigenvalue weighted by atomic mass is 16.5. The topological polar surface area (TPSA) is 116 Å². The van der Waals surface area contributed by atoms with Crippen molar-refractivity contribution in [2.45, 2.75) is 13.1 Å². The second-order valence-corrected chi connectivity index (χ2v) is 1.57. The van der Waals surface area contributed by atoms with Crippen molar-refractivity contribution < 1.29 is 19.4 Å². The third-order valence-electron chi connectivity index (χ3n) is 0.473. The van der Waals surface area contributed by atoms with E-state index in [4.69, 9.17) is 21.4 Å². The minimum absolute atomic E-state index is 0.597. The monoisotopic (exact) mass is 164 g/mol. The van der Waals surface area contributed by atoms with Gasteiger partial charge in [-0.1, -0.05) is 0 Å². The zero-order valence-electron chi connectivity index (χ0n) is 6.40. The largest absolute Gasteiger partial charge is 0.481 e. The first-order chi connectivity index (χ1) is 4.91. The summed E-state index contributed by atoms with van der Waals surface area (Å²) in [6.45, 7) is 1.08. The predicted octanol–water partition coefficient (Wildman–Crippen LogP) is -1.51. The molecule has 0 aliphatic heterocycles. The van der Waals surface area contributed by atoms with Gasteiger partial charge in [-0.25, -0.2) is 4.79 Å². The molecule has 66 valence electrons. The van der Waals surface area contributed by atoms with Gasteiger partial charge in [0.05, 0.1) is 7.11 Å². The quantitative estimate of drug-likeness (QED) is 0.320. The molecule has 0 saturated heterocycles. The molecule has 0 unspecified atom stereocenters. The van der Waals surface area contributed by atoms with Crippen molar-refractivity contribution in [2.24, 2.45) is 11.5 Å². The van der Waals surface area contributed by atoms with Gasteiger partial charge in [0.1, 0.15) is 0 Å². The Balaban J connectivity index is 0. The molecule has 11 heavy (non-hydrogen) atoms. The Morgan fingerprint density at radius 1 is 1.45 bits per heavy atom. The van der Waals surface area contributed by atoms with E-state index in [-0.39, 0.29) is 0 Å². The Labute approximate surface area is 64.1 Å². The highest BCUT2D eigenvalue weighted by Gasteiger charge is 2.04. The lowest BCUT2D eigenvalue weighted by molar-refractivity contribution is -0.142. The van der Waals surface area contributed by atoms with E-state index in [1.54, 1.807) is 0 Å². The van der Waals surface area contributed by atoms with Crippen LogP contribution in [0.2, 0.25) is 0 Å². The summed E-state index contributed by atoms with van der Waals surface area (Å²) >= 11 is 0. The van der Waals surface area contributed by atoms with Gasteiger partial charge in [-0.3, -0.25) is 4.79 Å². The molecule has 0 aliphatic rings. The van der Waals surface area contributed by atoms with Gasteiger partial charge in [-0.15, -0.1) is 0 Å². The van der Waals surface area contributed by atoms with E-state index in [1.165, 1.54) is 7.11 Å². The number of aliphatic carboxylic acids is 1. The van der Waals surface area contributed by atoms with Gasteiger partial charge in [0, 0.05) is 6.92 Å². The lowest BCUT2D eigenvalue weighted by Gasteiger charge is -1.98. The van der Waals surface area contributed by atoms with Crippen LogP contribution in [-0.2, 0) is 14.3 Å².